The number of carbonyl (C=O) groups is 4. The van der Waals surface area contributed by atoms with Gasteiger partial charge in [-0.2, -0.15) is 0 Å². The van der Waals surface area contributed by atoms with Gasteiger partial charge in [0, 0.05) is 23.2 Å². The topological polar surface area (TPSA) is 122 Å². The molecule has 0 saturated carbocycles. The van der Waals surface area contributed by atoms with Crippen LogP contribution in [-0.4, -0.2) is 46.7 Å². The number of hydrogen-bond donors (Lipinski definition) is 3. The molecule has 0 radical (unpaired) electrons. The van der Waals surface area contributed by atoms with Crippen LogP contribution in [0.25, 0.3) is 0 Å². The zero-order chi connectivity index (χ0) is 26.5. The molecule has 0 unspecified atom stereocenters. The predicted molar refractivity (Wildman–Crippen MR) is 137 cm³/mol. The molecule has 3 aromatic rings. The van der Waals surface area contributed by atoms with Crippen LogP contribution in [0.5, 0.6) is 11.5 Å². The summed E-state index contributed by atoms with van der Waals surface area (Å²) in [7, 11) is 0. The van der Waals surface area contributed by atoms with Gasteiger partial charge < -0.3 is 19.5 Å². The van der Waals surface area contributed by atoms with Crippen molar-refractivity contribution in [2.24, 2.45) is 0 Å². The van der Waals surface area contributed by atoms with Crippen LogP contribution in [0.3, 0.4) is 0 Å². The van der Waals surface area contributed by atoms with Crippen LogP contribution in [0.4, 0.5) is 0 Å². The number of phenols is 1. The maximum Gasteiger partial charge on any atom is 0.344 e. The average molecular weight is 521 g/mol. The highest BCUT2D eigenvalue weighted by atomic mass is 32.1. The van der Waals surface area contributed by atoms with E-state index in [-0.39, 0.29) is 54.8 Å². The van der Waals surface area contributed by atoms with Crippen molar-refractivity contribution >= 4 is 36.4 Å². The summed E-state index contributed by atoms with van der Waals surface area (Å²) in [6.45, 7) is 1.19. The van der Waals surface area contributed by atoms with Gasteiger partial charge in [0.1, 0.15) is 18.1 Å². The van der Waals surface area contributed by atoms with E-state index in [1.807, 2.05) is 30.3 Å². The smallest absolute Gasteiger partial charge is 0.344 e. The van der Waals surface area contributed by atoms with Crippen LogP contribution in [0, 0.1) is 6.92 Å². The van der Waals surface area contributed by atoms with Crippen molar-refractivity contribution in [3.8, 4) is 11.5 Å². The number of aromatic hydroxyl groups is 1. The number of phenolic OH excluding ortho intramolecular Hbond substituents is 1. The Balaban J connectivity index is 1.37. The lowest BCUT2D eigenvalue weighted by Gasteiger charge is -2.16. The minimum Gasteiger partial charge on any atom is -0.507 e. The third-order valence-electron chi connectivity index (χ3n) is 5.95. The summed E-state index contributed by atoms with van der Waals surface area (Å²) in [5.41, 5.74) is 2.52. The molecule has 0 saturated heterocycles. The molecule has 10 heteroatoms. The van der Waals surface area contributed by atoms with E-state index in [1.165, 1.54) is 23.1 Å². The molecule has 4 rings (SSSR count). The van der Waals surface area contributed by atoms with E-state index in [0.717, 1.165) is 5.56 Å². The molecule has 0 atom stereocenters. The highest BCUT2D eigenvalue weighted by Gasteiger charge is 2.30. The Bertz CT molecular complexity index is 1370. The second-order valence-electron chi connectivity index (χ2n) is 8.42. The van der Waals surface area contributed by atoms with Crippen molar-refractivity contribution in [3.63, 3.8) is 0 Å². The SMILES string of the molecule is Cc1c(OCC(=O)OCc2ccccc2)ccc(C(=O)CN2Cc3cc(C(=O)NS)ccc3C2=O)c1O. The van der Waals surface area contributed by atoms with Crippen LogP contribution in [0.15, 0.2) is 60.7 Å². The molecule has 0 bridgehead atoms. The van der Waals surface area contributed by atoms with Crippen LogP contribution < -0.4 is 9.46 Å². The Morgan fingerprint density at radius 3 is 2.57 bits per heavy atom. The highest BCUT2D eigenvalue weighted by molar-refractivity contribution is 7.78. The molecular formula is C27H24N2O7S. The number of thiol groups is 1. The molecule has 0 aromatic heterocycles. The number of hydrogen-bond acceptors (Lipinski definition) is 8. The summed E-state index contributed by atoms with van der Waals surface area (Å²) >= 11 is 3.75. The van der Waals surface area contributed by atoms with E-state index in [9.17, 15) is 24.3 Å². The molecule has 190 valence electrons. The van der Waals surface area contributed by atoms with Crippen molar-refractivity contribution in [1.29, 1.82) is 0 Å². The Morgan fingerprint density at radius 1 is 1.08 bits per heavy atom. The number of ether oxygens (including phenoxy) is 2. The van der Waals surface area contributed by atoms with Gasteiger partial charge in [-0.15, -0.1) is 0 Å². The van der Waals surface area contributed by atoms with Crippen molar-refractivity contribution in [3.05, 3.63) is 94.0 Å². The Kier molecular flexibility index (Phi) is 7.78. The monoisotopic (exact) mass is 520 g/mol. The van der Waals surface area contributed by atoms with Crippen LogP contribution in [0.1, 0.15) is 47.8 Å². The Hall–Kier alpha value is -4.31. The van der Waals surface area contributed by atoms with Gasteiger partial charge in [0.25, 0.3) is 11.8 Å². The van der Waals surface area contributed by atoms with Crippen molar-refractivity contribution in [1.82, 2.24) is 9.62 Å². The standard InChI is InChI=1S/C27H24N2O7S/c1-16-23(35-15-24(31)36-14-17-5-3-2-4-6-17)10-9-21(25(16)32)22(30)13-29-12-19-11-18(26(33)28-37)7-8-20(19)27(29)34/h2-11,32,37H,12-15H2,1H3,(H,28,33). The van der Waals surface area contributed by atoms with Crippen LogP contribution >= 0.6 is 12.8 Å². The molecule has 3 aromatic carbocycles. The third kappa shape index (κ3) is 5.75. The van der Waals surface area contributed by atoms with E-state index in [2.05, 4.69) is 17.5 Å². The maximum atomic E-state index is 12.9. The molecule has 0 aliphatic carbocycles. The molecule has 1 aliphatic rings. The summed E-state index contributed by atoms with van der Waals surface area (Å²) in [5, 5.41) is 10.6. The molecule has 2 N–H and O–H groups in total. The minimum atomic E-state index is -0.579. The van der Waals surface area contributed by atoms with E-state index >= 15 is 0 Å². The van der Waals surface area contributed by atoms with Gasteiger partial charge in [-0.1, -0.05) is 43.1 Å². The zero-order valence-corrected chi connectivity index (χ0v) is 20.8. The predicted octanol–water partition coefficient (Wildman–Crippen LogP) is 3.24. The number of fused-ring (bicyclic) bond motifs is 1. The highest BCUT2D eigenvalue weighted by Crippen LogP contribution is 2.32. The summed E-state index contributed by atoms with van der Waals surface area (Å²) in [6.07, 6.45) is 0. The van der Waals surface area contributed by atoms with E-state index < -0.39 is 17.7 Å². The number of amides is 2. The second-order valence-corrected chi connectivity index (χ2v) is 8.64. The van der Waals surface area contributed by atoms with E-state index in [0.29, 0.717) is 16.7 Å². The van der Waals surface area contributed by atoms with Gasteiger partial charge >= 0.3 is 5.97 Å². The van der Waals surface area contributed by atoms with Crippen molar-refractivity contribution in [2.75, 3.05) is 13.2 Å². The summed E-state index contributed by atoms with van der Waals surface area (Å²) < 4.78 is 12.9. The van der Waals surface area contributed by atoms with Gasteiger partial charge in [-0.25, -0.2) is 4.79 Å². The molecular weight excluding hydrogens is 496 g/mol. The number of nitrogens with one attached hydrogen (secondary N) is 1. The Morgan fingerprint density at radius 2 is 1.84 bits per heavy atom. The summed E-state index contributed by atoms with van der Waals surface area (Å²) in [4.78, 5) is 50.9. The van der Waals surface area contributed by atoms with Crippen molar-refractivity contribution in [2.45, 2.75) is 20.1 Å². The fourth-order valence-electron chi connectivity index (χ4n) is 3.95. The number of benzene rings is 3. The second kappa shape index (κ2) is 11.2. The molecule has 0 spiro atoms. The lowest BCUT2D eigenvalue weighted by Crippen LogP contribution is -2.30. The van der Waals surface area contributed by atoms with Gasteiger partial charge in [-0.3, -0.25) is 19.1 Å². The van der Waals surface area contributed by atoms with Gasteiger partial charge in [-0.05, 0) is 48.4 Å². The molecule has 37 heavy (non-hydrogen) atoms. The molecule has 2 amide bonds. The molecule has 1 aliphatic heterocycles. The molecule has 0 fully saturated rings. The first kappa shape index (κ1) is 25.8. The van der Waals surface area contributed by atoms with Gasteiger partial charge in [0.2, 0.25) is 0 Å². The van der Waals surface area contributed by atoms with Crippen LogP contribution in [-0.2, 0) is 22.7 Å². The number of nitrogens with zero attached hydrogens (tertiary/aromatic N) is 1. The lowest BCUT2D eigenvalue weighted by molar-refractivity contribution is -0.147. The molecule has 1 heterocycles. The quantitative estimate of drug-likeness (QED) is 0.225. The van der Waals surface area contributed by atoms with Crippen LogP contribution in [0.2, 0.25) is 0 Å². The first-order valence-corrected chi connectivity index (χ1v) is 11.8. The fourth-order valence-corrected chi connectivity index (χ4v) is 4.08. The van der Waals surface area contributed by atoms with E-state index in [4.69, 9.17) is 9.47 Å². The number of Topliss-reactive ketones (excluding diaryl/α,β-unsaturated/α-hetero) is 1. The van der Waals surface area contributed by atoms with Crippen molar-refractivity contribution < 1.29 is 33.8 Å². The third-order valence-corrected chi connectivity index (χ3v) is 6.16. The van der Waals surface area contributed by atoms with Gasteiger partial charge in [0.05, 0.1) is 12.1 Å². The fraction of sp³-hybridized carbons (Fsp3) is 0.185. The zero-order valence-electron chi connectivity index (χ0n) is 19.9. The number of rotatable bonds is 9. The maximum absolute atomic E-state index is 12.9. The van der Waals surface area contributed by atoms with E-state index in [1.54, 1.807) is 19.1 Å². The minimum absolute atomic E-state index is 0.0235. The number of ketones is 1. The summed E-state index contributed by atoms with van der Waals surface area (Å²) in [5.74, 6) is -1.86. The van der Waals surface area contributed by atoms with Gasteiger partial charge in [0.15, 0.2) is 12.4 Å². The largest absolute Gasteiger partial charge is 0.507 e. The average Bonchev–Trinajstić information content (AvgIpc) is 3.22. The molecule has 9 nitrogen and oxygen atoms in total. The number of esters is 1. The first-order chi connectivity index (χ1) is 17.8. The normalized spacial score (nSPS) is 12.2. The lowest BCUT2D eigenvalue weighted by atomic mass is 10.0. The summed E-state index contributed by atoms with van der Waals surface area (Å²) in [6, 6.07) is 16.7. The first-order valence-electron chi connectivity index (χ1n) is 11.3. The number of carbonyl (C=O) groups excluding carboxylic acids is 4. The Labute approximate surface area is 218 Å².